The van der Waals surface area contributed by atoms with Crippen molar-refractivity contribution in [1.82, 2.24) is 24.2 Å². The van der Waals surface area contributed by atoms with E-state index < -0.39 is 33.0 Å². The lowest BCUT2D eigenvalue weighted by atomic mass is 10.1. The molecule has 3 heterocycles. The van der Waals surface area contributed by atoms with E-state index in [0.29, 0.717) is 30.2 Å². The molecule has 3 aromatic rings. The van der Waals surface area contributed by atoms with Crippen molar-refractivity contribution in [2.45, 2.75) is 30.2 Å². The lowest BCUT2D eigenvalue weighted by Gasteiger charge is -2.31. The number of aromatic nitrogens is 3. The van der Waals surface area contributed by atoms with Crippen LogP contribution < -0.4 is 11.1 Å². The summed E-state index contributed by atoms with van der Waals surface area (Å²) in [5, 5.41) is 3.48. The largest absolute Gasteiger partial charge is 0.382 e. The first-order valence-corrected chi connectivity index (χ1v) is 13.8. The quantitative estimate of drug-likeness (QED) is 0.362. The minimum Gasteiger partial charge on any atom is -0.382 e. The maximum atomic E-state index is 14.0. The standard InChI is InChI=1S/C23H27F2N7O3S2.ClH/c1-31(2)9-8-18-27-12-15(13-28-18)37(34,35)32-10-6-14(7-11-32)29-23-30-22(26)21(36-23)20(33)19-16(24)4-3-5-17(19)25;/h3-5,12-14H,6-11,26H2,1-2H3,(H,29,30);1H. The first-order chi connectivity index (χ1) is 17.6. The Morgan fingerprint density at radius 2 is 1.79 bits per heavy atom. The SMILES string of the molecule is CN(C)CCc1ncc(S(=O)(=O)N2CCC(Nc3nc(N)c(C(=O)c4c(F)cccc4F)s3)CC2)cn1.Cl. The Bertz CT molecular complexity index is 1360. The molecule has 0 radical (unpaired) electrons. The highest BCUT2D eigenvalue weighted by Gasteiger charge is 2.31. The van der Waals surface area contributed by atoms with Gasteiger partial charge >= 0.3 is 0 Å². The number of nitrogens with two attached hydrogens (primary N) is 1. The van der Waals surface area contributed by atoms with Crippen molar-refractivity contribution >= 4 is 50.5 Å². The molecule has 0 aliphatic carbocycles. The van der Waals surface area contributed by atoms with Gasteiger partial charge in [0.2, 0.25) is 15.8 Å². The van der Waals surface area contributed by atoms with E-state index in [1.54, 1.807) is 0 Å². The molecule has 10 nitrogen and oxygen atoms in total. The number of hydrogen-bond acceptors (Lipinski definition) is 10. The van der Waals surface area contributed by atoms with Crippen molar-refractivity contribution in [2.24, 2.45) is 0 Å². The fraction of sp³-hybridized carbons (Fsp3) is 0.391. The topological polar surface area (TPSA) is 134 Å². The molecular formula is C23H28ClF2N7O3S2. The summed E-state index contributed by atoms with van der Waals surface area (Å²) in [6, 6.07) is 3.04. The number of carbonyl (C=O) groups is 1. The molecule has 1 aliphatic rings. The van der Waals surface area contributed by atoms with E-state index in [0.717, 1.165) is 30.0 Å². The molecule has 0 unspecified atom stereocenters. The van der Waals surface area contributed by atoms with Crippen LogP contribution in [0.15, 0.2) is 35.5 Å². The number of piperidine rings is 1. The van der Waals surface area contributed by atoms with E-state index in [1.165, 1.54) is 22.8 Å². The van der Waals surface area contributed by atoms with Crippen molar-refractivity contribution in [3.8, 4) is 0 Å². The number of nitrogens with one attached hydrogen (secondary N) is 1. The Labute approximate surface area is 229 Å². The van der Waals surface area contributed by atoms with Gasteiger partial charge in [-0.05, 0) is 39.1 Å². The van der Waals surface area contributed by atoms with Crippen LogP contribution in [0.5, 0.6) is 0 Å². The van der Waals surface area contributed by atoms with Crippen molar-refractivity contribution in [2.75, 3.05) is 44.8 Å². The van der Waals surface area contributed by atoms with Gasteiger partial charge in [-0.1, -0.05) is 17.4 Å². The number of rotatable bonds is 9. The summed E-state index contributed by atoms with van der Waals surface area (Å²) >= 11 is 0.902. The molecule has 1 fully saturated rings. The van der Waals surface area contributed by atoms with Crippen molar-refractivity contribution in [3.05, 3.63) is 58.5 Å². The molecule has 4 rings (SSSR count). The molecule has 0 bridgehead atoms. The number of carbonyl (C=O) groups excluding carboxylic acids is 1. The van der Waals surface area contributed by atoms with E-state index in [2.05, 4.69) is 20.3 Å². The van der Waals surface area contributed by atoms with Gasteiger partial charge in [-0.15, -0.1) is 12.4 Å². The van der Waals surface area contributed by atoms with Crippen LogP contribution in [0.2, 0.25) is 0 Å². The number of sulfonamides is 1. The number of benzene rings is 1. The van der Waals surface area contributed by atoms with Gasteiger partial charge in [0.05, 0.1) is 18.0 Å². The Balaban J connectivity index is 0.00000400. The molecule has 0 saturated carbocycles. The van der Waals surface area contributed by atoms with Gasteiger partial charge in [-0.2, -0.15) is 4.31 Å². The molecule has 3 N–H and O–H groups in total. The van der Waals surface area contributed by atoms with E-state index in [4.69, 9.17) is 5.73 Å². The van der Waals surface area contributed by atoms with Crippen LogP contribution >= 0.6 is 23.7 Å². The second-order valence-electron chi connectivity index (χ2n) is 8.87. The van der Waals surface area contributed by atoms with Gasteiger partial charge in [0.25, 0.3) is 0 Å². The van der Waals surface area contributed by atoms with Crippen LogP contribution in [-0.2, 0) is 16.4 Å². The third-order valence-corrected chi connectivity index (χ3v) is 8.79. The van der Waals surface area contributed by atoms with E-state index in [-0.39, 0.29) is 47.1 Å². The zero-order chi connectivity index (χ0) is 26.7. The second-order valence-corrected chi connectivity index (χ2v) is 11.8. The highest BCUT2D eigenvalue weighted by Crippen LogP contribution is 2.31. The van der Waals surface area contributed by atoms with Crippen molar-refractivity contribution in [3.63, 3.8) is 0 Å². The van der Waals surface area contributed by atoms with Gasteiger partial charge < -0.3 is 16.0 Å². The lowest BCUT2D eigenvalue weighted by Crippen LogP contribution is -2.42. The highest BCUT2D eigenvalue weighted by atomic mass is 35.5. The molecule has 0 amide bonds. The van der Waals surface area contributed by atoms with E-state index in [1.807, 2.05) is 19.0 Å². The summed E-state index contributed by atoms with van der Waals surface area (Å²) in [4.78, 5) is 27.2. The predicted octanol–water partition coefficient (Wildman–Crippen LogP) is 2.82. The number of anilines is 2. The number of likely N-dealkylation sites (N-methyl/N-ethyl adjacent to an activating group) is 1. The molecule has 0 spiro atoms. The first kappa shape index (κ1) is 29.8. The molecule has 0 atom stereocenters. The molecular weight excluding hydrogens is 560 g/mol. The van der Waals surface area contributed by atoms with E-state index >= 15 is 0 Å². The number of thiazole rings is 1. The lowest BCUT2D eigenvalue weighted by molar-refractivity contribution is 0.103. The van der Waals surface area contributed by atoms with Gasteiger partial charge in [0.1, 0.15) is 33.0 Å². The van der Waals surface area contributed by atoms with Gasteiger partial charge in [-0.3, -0.25) is 4.79 Å². The van der Waals surface area contributed by atoms with Crippen molar-refractivity contribution in [1.29, 1.82) is 0 Å². The normalized spacial score (nSPS) is 14.9. The van der Waals surface area contributed by atoms with Crippen LogP contribution in [0.3, 0.4) is 0 Å². The average Bonchev–Trinajstić information content (AvgIpc) is 3.23. The summed E-state index contributed by atoms with van der Waals surface area (Å²) in [7, 11) is 0.136. The number of ketones is 1. The summed E-state index contributed by atoms with van der Waals surface area (Å²) in [5.41, 5.74) is 5.18. The van der Waals surface area contributed by atoms with Crippen LogP contribution in [0.25, 0.3) is 0 Å². The molecule has 206 valence electrons. The maximum Gasteiger partial charge on any atom is 0.246 e. The van der Waals surface area contributed by atoms with Crippen LogP contribution in [-0.4, -0.2) is 78.1 Å². The minimum absolute atomic E-state index is 0. The molecule has 1 aliphatic heterocycles. The maximum absolute atomic E-state index is 14.0. The summed E-state index contributed by atoms with van der Waals surface area (Å²) in [6.45, 7) is 1.28. The molecule has 2 aromatic heterocycles. The first-order valence-electron chi connectivity index (χ1n) is 11.5. The number of nitrogen functional groups attached to an aromatic ring is 1. The fourth-order valence-corrected chi connectivity index (χ4v) is 6.15. The average molecular weight is 588 g/mol. The van der Waals surface area contributed by atoms with E-state index in [9.17, 15) is 22.0 Å². The van der Waals surface area contributed by atoms with Crippen LogP contribution in [0.4, 0.5) is 19.7 Å². The van der Waals surface area contributed by atoms with Crippen LogP contribution in [0, 0.1) is 11.6 Å². The third-order valence-electron chi connectivity index (χ3n) is 5.93. The third kappa shape index (κ3) is 6.61. The Hall–Kier alpha value is -2.78. The monoisotopic (exact) mass is 587 g/mol. The Morgan fingerprint density at radius 1 is 1.18 bits per heavy atom. The van der Waals surface area contributed by atoms with Gasteiger partial charge in [0.15, 0.2) is 5.13 Å². The predicted molar refractivity (Wildman–Crippen MR) is 143 cm³/mol. The molecule has 1 aromatic carbocycles. The van der Waals surface area contributed by atoms with Gasteiger partial charge in [-0.25, -0.2) is 32.2 Å². The highest BCUT2D eigenvalue weighted by molar-refractivity contribution is 7.89. The summed E-state index contributed by atoms with van der Waals surface area (Å²) in [6.07, 6.45) is 4.26. The smallest absolute Gasteiger partial charge is 0.246 e. The number of hydrogen-bond donors (Lipinski definition) is 2. The molecule has 15 heteroatoms. The fourth-order valence-electron chi connectivity index (χ4n) is 3.88. The van der Waals surface area contributed by atoms with Crippen molar-refractivity contribution < 1.29 is 22.0 Å². The Morgan fingerprint density at radius 3 is 2.37 bits per heavy atom. The number of halogens is 3. The zero-order valence-electron chi connectivity index (χ0n) is 20.7. The minimum atomic E-state index is -3.74. The van der Waals surface area contributed by atoms with Gasteiger partial charge in [0, 0.05) is 32.1 Å². The van der Waals surface area contributed by atoms with Crippen LogP contribution in [0.1, 0.15) is 33.9 Å². The number of nitrogens with zero attached hydrogens (tertiary/aromatic N) is 5. The summed E-state index contributed by atoms with van der Waals surface area (Å²) in [5.74, 6) is -2.39. The molecule has 38 heavy (non-hydrogen) atoms. The Kier molecular flexibility index (Phi) is 9.70. The second kappa shape index (κ2) is 12.4. The zero-order valence-corrected chi connectivity index (χ0v) is 23.2. The summed E-state index contributed by atoms with van der Waals surface area (Å²) < 4.78 is 55.5. The molecule has 1 saturated heterocycles.